The van der Waals surface area contributed by atoms with E-state index < -0.39 is 17.8 Å². The van der Waals surface area contributed by atoms with E-state index in [0.29, 0.717) is 16.4 Å². The van der Waals surface area contributed by atoms with Gasteiger partial charge in [0.05, 0.1) is 29.6 Å². The van der Waals surface area contributed by atoms with Crippen LogP contribution in [0.1, 0.15) is 53.4 Å². The van der Waals surface area contributed by atoms with Gasteiger partial charge in [-0.15, -0.1) is 0 Å². The summed E-state index contributed by atoms with van der Waals surface area (Å²) in [6.45, 7) is 5.06. The molecule has 0 spiro atoms. The highest BCUT2D eigenvalue weighted by Gasteiger charge is 2.21. The van der Waals surface area contributed by atoms with Crippen LogP contribution in [0.15, 0.2) is 36.5 Å². The number of hydrogen-bond donors (Lipinski definition) is 1. The Hall–Kier alpha value is -2.93. The second kappa shape index (κ2) is 8.21. The molecule has 0 aliphatic heterocycles. The predicted octanol–water partition coefficient (Wildman–Crippen LogP) is 4.42. The number of nitrogens with one attached hydrogen (secondary N) is 1. The van der Waals surface area contributed by atoms with E-state index in [0.717, 1.165) is 17.1 Å². The molecule has 0 aliphatic carbocycles. The zero-order valence-electron chi connectivity index (χ0n) is 16.5. The first-order valence-corrected chi connectivity index (χ1v) is 9.47. The maximum Gasteiger partial charge on any atom is 0.341 e. The Morgan fingerprint density at radius 2 is 1.93 bits per heavy atom. The summed E-state index contributed by atoms with van der Waals surface area (Å²) in [4.78, 5) is 28.9. The molecule has 2 heterocycles. The minimum atomic E-state index is -0.775. The molecule has 29 heavy (non-hydrogen) atoms. The minimum Gasteiger partial charge on any atom is -0.459 e. The number of aryl methyl sites for hydroxylation is 1. The number of benzene rings is 1. The minimum absolute atomic E-state index is 0.218. The molecule has 2 aromatic heterocycles. The number of fused-ring (bicyclic) bond motifs is 1. The average molecular weight is 418 g/mol. The Morgan fingerprint density at radius 3 is 2.62 bits per heavy atom. The summed E-state index contributed by atoms with van der Waals surface area (Å²) < 4.78 is 20.8. The molecular weight excluding hydrogens is 397 g/mol. The molecule has 0 aliphatic rings. The van der Waals surface area contributed by atoms with Gasteiger partial charge in [-0.3, -0.25) is 9.78 Å². The zero-order valence-corrected chi connectivity index (χ0v) is 17.2. The van der Waals surface area contributed by atoms with Crippen LogP contribution < -0.4 is 5.32 Å². The van der Waals surface area contributed by atoms with Crippen molar-refractivity contribution >= 4 is 34.4 Å². The lowest BCUT2D eigenvalue weighted by atomic mass is 10.1. The van der Waals surface area contributed by atoms with Gasteiger partial charge in [0.25, 0.3) is 5.91 Å². The Bertz CT molecular complexity index is 1090. The van der Waals surface area contributed by atoms with Gasteiger partial charge in [0.15, 0.2) is 5.82 Å². The first-order valence-electron chi connectivity index (χ1n) is 9.09. The van der Waals surface area contributed by atoms with Gasteiger partial charge in [-0.25, -0.2) is 9.18 Å². The average Bonchev–Trinajstić information content (AvgIpc) is 2.97. The molecule has 1 atom stereocenters. The molecule has 1 aromatic carbocycles. The van der Waals surface area contributed by atoms with E-state index in [4.69, 9.17) is 16.3 Å². The van der Waals surface area contributed by atoms with Gasteiger partial charge in [-0.05, 0) is 45.0 Å². The Labute approximate surface area is 172 Å². The van der Waals surface area contributed by atoms with E-state index in [-0.39, 0.29) is 17.6 Å². The van der Waals surface area contributed by atoms with Crippen LogP contribution in [0.5, 0.6) is 0 Å². The number of hydrogen-bond acceptors (Lipinski definition) is 4. The van der Waals surface area contributed by atoms with Crippen molar-refractivity contribution in [3.8, 4) is 0 Å². The molecule has 1 N–H and O–H groups in total. The summed E-state index contributed by atoms with van der Waals surface area (Å²) in [5.41, 5.74) is 1.39. The Balaban J connectivity index is 1.83. The quantitative estimate of drug-likeness (QED) is 0.623. The summed E-state index contributed by atoms with van der Waals surface area (Å²) in [6.07, 6.45) is 0.573. The molecule has 3 rings (SSSR count). The van der Waals surface area contributed by atoms with Crippen molar-refractivity contribution in [3.63, 3.8) is 0 Å². The highest BCUT2D eigenvalue weighted by atomic mass is 35.5. The molecular formula is C21H21ClFN3O3. The fourth-order valence-corrected chi connectivity index (χ4v) is 3.16. The number of aromatic nitrogens is 2. The van der Waals surface area contributed by atoms with Gasteiger partial charge in [0.1, 0.15) is 5.69 Å². The number of ether oxygens (including phenoxy) is 1. The van der Waals surface area contributed by atoms with E-state index >= 15 is 0 Å². The Kier molecular flexibility index (Phi) is 5.88. The number of rotatable bonds is 5. The fraction of sp³-hybridized carbons (Fsp3) is 0.286. The molecule has 6 nitrogen and oxygen atoms in total. The molecule has 1 unspecified atom stereocenters. The van der Waals surface area contributed by atoms with Crippen molar-refractivity contribution in [1.82, 2.24) is 14.9 Å². The second-order valence-corrected chi connectivity index (χ2v) is 7.47. The molecule has 0 saturated heterocycles. The number of carbonyl (C=O) groups excluding carboxylic acids is 2. The lowest BCUT2D eigenvalue weighted by molar-refractivity contribution is 0.0372. The van der Waals surface area contributed by atoms with Gasteiger partial charge < -0.3 is 14.6 Å². The number of pyridine rings is 1. The van der Waals surface area contributed by atoms with Crippen LogP contribution in [0, 0.1) is 5.82 Å². The summed E-state index contributed by atoms with van der Waals surface area (Å²) >= 11 is 6.04. The molecule has 0 bridgehead atoms. The highest BCUT2D eigenvalue weighted by molar-refractivity contribution is 6.31. The van der Waals surface area contributed by atoms with Crippen molar-refractivity contribution in [1.29, 1.82) is 0 Å². The molecule has 0 radical (unpaired) electrons. The van der Waals surface area contributed by atoms with Crippen molar-refractivity contribution < 1.29 is 18.7 Å². The van der Waals surface area contributed by atoms with Crippen molar-refractivity contribution in [2.45, 2.75) is 32.9 Å². The second-order valence-electron chi connectivity index (χ2n) is 7.03. The fourth-order valence-electron chi connectivity index (χ4n) is 2.99. The lowest BCUT2D eigenvalue weighted by Crippen LogP contribution is -2.29. The van der Waals surface area contributed by atoms with Gasteiger partial charge in [0, 0.05) is 23.0 Å². The van der Waals surface area contributed by atoms with E-state index in [9.17, 15) is 14.0 Å². The molecule has 0 saturated carbocycles. The number of esters is 1. The first kappa shape index (κ1) is 20.8. The van der Waals surface area contributed by atoms with Crippen molar-refractivity contribution in [2.75, 3.05) is 0 Å². The standard InChI is InChI=1S/C21H21ClFN3O3/c1-11(2)29-21(28)15-9-17(24-10-16(15)23)12(3)25-20(27)19-7-13-5-6-14(22)8-18(13)26(19)4/h5-12H,1-4H3,(H,25,27). The smallest absolute Gasteiger partial charge is 0.341 e. The topological polar surface area (TPSA) is 73.2 Å². The third kappa shape index (κ3) is 4.40. The van der Waals surface area contributed by atoms with E-state index in [1.54, 1.807) is 50.6 Å². The van der Waals surface area contributed by atoms with Crippen molar-refractivity contribution in [2.24, 2.45) is 7.05 Å². The molecule has 8 heteroatoms. The molecule has 1 amide bonds. The van der Waals surface area contributed by atoms with Crippen LogP contribution in [0.4, 0.5) is 4.39 Å². The van der Waals surface area contributed by atoms with Crippen LogP contribution in [0.2, 0.25) is 5.02 Å². The molecule has 3 aromatic rings. The SMILES string of the molecule is CC(C)OC(=O)c1cc(C(C)NC(=O)c2cc3ccc(Cl)cc3n2C)ncc1F. The van der Waals surface area contributed by atoms with Gasteiger partial charge in [-0.1, -0.05) is 17.7 Å². The third-order valence-electron chi connectivity index (χ3n) is 4.47. The van der Waals surface area contributed by atoms with Gasteiger partial charge in [-0.2, -0.15) is 0 Å². The lowest BCUT2D eigenvalue weighted by Gasteiger charge is -2.15. The number of carbonyl (C=O) groups is 2. The normalized spacial score (nSPS) is 12.2. The van der Waals surface area contributed by atoms with Crippen LogP contribution in [-0.4, -0.2) is 27.5 Å². The van der Waals surface area contributed by atoms with Gasteiger partial charge >= 0.3 is 5.97 Å². The summed E-state index contributed by atoms with van der Waals surface area (Å²) in [5, 5.41) is 4.29. The van der Waals surface area contributed by atoms with E-state index in [1.807, 2.05) is 6.07 Å². The summed E-state index contributed by atoms with van der Waals surface area (Å²) in [6, 6.07) is 7.88. The highest BCUT2D eigenvalue weighted by Crippen LogP contribution is 2.23. The zero-order chi connectivity index (χ0) is 21.3. The summed E-state index contributed by atoms with van der Waals surface area (Å²) in [7, 11) is 1.77. The van der Waals surface area contributed by atoms with Crippen LogP contribution in [0.3, 0.4) is 0 Å². The van der Waals surface area contributed by atoms with E-state index in [2.05, 4.69) is 10.3 Å². The number of amides is 1. The summed E-state index contributed by atoms with van der Waals surface area (Å²) in [5.74, 6) is -1.88. The monoisotopic (exact) mass is 417 g/mol. The molecule has 152 valence electrons. The van der Waals surface area contributed by atoms with Crippen LogP contribution in [0.25, 0.3) is 10.9 Å². The first-order chi connectivity index (χ1) is 13.7. The van der Waals surface area contributed by atoms with E-state index in [1.165, 1.54) is 6.07 Å². The number of nitrogens with zero attached hydrogens (tertiary/aromatic N) is 2. The van der Waals surface area contributed by atoms with Gasteiger partial charge in [0.2, 0.25) is 0 Å². The van der Waals surface area contributed by atoms with Crippen LogP contribution >= 0.6 is 11.6 Å². The maximum atomic E-state index is 14.0. The maximum absolute atomic E-state index is 14.0. The van der Waals surface area contributed by atoms with Crippen LogP contribution in [-0.2, 0) is 11.8 Å². The largest absolute Gasteiger partial charge is 0.459 e. The van der Waals surface area contributed by atoms with Crippen molar-refractivity contribution in [3.05, 3.63) is 64.3 Å². The third-order valence-corrected chi connectivity index (χ3v) is 4.71. The predicted molar refractivity (Wildman–Crippen MR) is 109 cm³/mol. The molecule has 0 fully saturated rings. The Morgan fingerprint density at radius 1 is 1.21 bits per heavy atom. The number of halogens is 2.